The number of carbonyl (C=O) groups is 1. The van der Waals surface area contributed by atoms with Gasteiger partial charge in [0.1, 0.15) is 0 Å². The van der Waals surface area contributed by atoms with Crippen LogP contribution in [0, 0.1) is 5.92 Å². The van der Waals surface area contributed by atoms with Crippen LogP contribution >= 0.6 is 0 Å². The van der Waals surface area contributed by atoms with Gasteiger partial charge in [-0.1, -0.05) is 43.2 Å². The molecule has 1 aliphatic carbocycles. The summed E-state index contributed by atoms with van der Waals surface area (Å²) >= 11 is 0. The van der Waals surface area contributed by atoms with Gasteiger partial charge >= 0.3 is 0 Å². The van der Waals surface area contributed by atoms with Crippen LogP contribution < -0.4 is 10.2 Å². The van der Waals surface area contributed by atoms with E-state index in [1.165, 1.54) is 31.2 Å². The van der Waals surface area contributed by atoms with Gasteiger partial charge in [-0.25, -0.2) is 0 Å². The summed E-state index contributed by atoms with van der Waals surface area (Å²) < 4.78 is 0. The van der Waals surface area contributed by atoms with Gasteiger partial charge in [0, 0.05) is 25.3 Å². The molecule has 1 aliphatic heterocycles. The summed E-state index contributed by atoms with van der Waals surface area (Å²) in [6.07, 6.45) is 8.91. The van der Waals surface area contributed by atoms with E-state index < -0.39 is 0 Å². The molecular formula is C24H33N5O. The lowest BCUT2D eigenvalue weighted by Gasteiger charge is -2.30. The maximum Gasteiger partial charge on any atom is 0.234 e. The smallest absolute Gasteiger partial charge is 0.234 e. The summed E-state index contributed by atoms with van der Waals surface area (Å²) in [6, 6.07) is 14.9. The number of anilines is 1. The normalized spacial score (nSPS) is 20.6. The Morgan fingerprint density at radius 3 is 2.67 bits per heavy atom. The fraction of sp³-hybridized carbons (Fsp3) is 0.542. The summed E-state index contributed by atoms with van der Waals surface area (Å²) in [5, 5.41) is 11.7. The van der Waals surface area contributed by atoms with Crippen LogP contribution in [0.5, 0.6) is 0 Å². The highest BCUT2D eigenvalue weighted by atomic mass is 16.2. The number of amides is 1. The Morgan fingerprint density at radius 2 is 1.93 bits per heavy atom. The summed E-state index contributed by atoms with van der Waals surface area (Å²) in [7, 11) is 2.04. The van der Waals surface area contributed by atoms with Crippen LogP contribution in [-0.4, -0.2) is 53.7 Å². The molecule has 1 aromatic heterocycles. The monoisotopic (exact) mass is 407 g/mol. The Bertz CT molecular complexity index is 794. The number of benzene rings is 1. The highest BCUT2D eigenvalue weighted by Gasteiger charge is 2.29. The van der Waals surface area contributed by atoms with Gasteiger partial charge in [-0.3, -0.25) is 9.69 Å². The van der Waals surface area contributed by atoms with Crippen molar-refractivity contribution in [2.75, 3.05) is 31.6 Å². The van der Waals surface area contributed by atoms with E-state index >= 15 is 0 Å². The van der Waals surface area contributed by atoms with Gasteiger partial charge in [0.15, 0.2) is 5.82 Å². The fourth-order valence-corrected chi connectivity index (χ4v) is 5.09. The summed E-state index contributed by atoms with van der Waals surface area (Å²) in [6.45, 7) is 2.27. The van der Waals surface area contributed by atoms with Crippen LogP contribution in [0.15, 0.2) is 48.7 Å². The van der Waals surface area contributed by atoms with Gasteiger partial charge in [-0.2, -0.15) is 5.10 Å². The van der Waals surface area contributed by atoms with Crippen molar-refractivity contribution in [3.63, 3.8) is 0 Å². The van der Waals surface area contributed by atoms with E-state index in [0.29, 0.717) is 18.5 Å². The predicted octanol–water partition coefficient (Wildman–Crippen LogP) is 3.42. The minimum atomic E-state index is 0.113. The van der Waals surface area contributed by atoms with E-state index in [1.54, 1.807) is 6.20 Å². The number of nitrogens with zero attached hydrogens (tertiary/aromatic N) is 4. The standard InChI is InChI=1S/C24H33N5O/c1-28(17-21-13-8-16-29(21)22-14-7-15-25-27-22)18-23(30)26-24(20-11-5-6-12-20)19-9-3-2-4-10-19/h2-4,7,9-10,14-15,20-21,24H,5-6,8,11-13,16-18H2,1H3,(H,26,30). The van der Waals surface area contributed by atoms with Crippen LogP contribution in [0.1, 0.15) is 50.1 Å². The summed E-state index contributed by atoms with van der Waals surface area (Å²) in [5.41, 5.74) is 1.23. The summed E-state index contributed by atoms with van der Waals surface area (Å²) in [4.78, 5) is 17.4. The van der Waals surface area contributed by atoms with Crippen molar-refractivity contribution in [1.29, 1.82) is 0 Å². The second kappa shape index (κ2) is 10.0. The number of likely N-dealkylation sites (N-methyl/N-ethyl adjacent to an activating group) is 1. The number of rotatable bonds is 8. The van der Waals surface area contributed by atoms with Crippen molar-refractivity contribution in [2.24, 2.45) is 5.92 Å². The lowest BCUT2D eigenvalue weighted by molar-refractivity contribution is -0.123. The molecule has 1 aromatic carbocycles. The number of hydrogen-bond donors (Lipinski definition) is 1. The highest BCUT2D eigenvalue weighted by Crippen LogP contribution is 2.35. The second-order valence-electron chi connectivity index (χ2n) is 8.77. The predicted molar refractivity (Wildman–Crippen MR) is 119 cm³/mol. The van der Waals surface area contributed by atoms with Crippen molar-refractivity contribution in [2.45, 2.75) is 50.6 Å². The molecule has 1 saturated carbocycles. The van der Waals surface area contributed by atoms with Gasteiger partial charge in [0.2, 0.25) is 5.91 Å². The molecule has 0 bridgehead atoms. The van der Waals surface area contributed by atoms with Gasteiger partial charge in [0.05, 0.1) is 12.6 Å². The maximum absolute atomic E-state index is 12.9. The molecule has 30 heavy (non-hydrogen) atoms. The number of carbonyl (C=O) groups excluding carboxylic acids is 1. The van der Waals surface area contributed by atoms with E-state index in [9.17, 15) is 4.79 Å². The average molecular weight is 408 g/mol. The average Bonchev–Trinajstić information content (AvgIpc) is 3.45. The third-order valence-electron chi connectivity index (χ3n) is 6.51. The van der Waals surface area contributed by atoms with E-state index in [1.807, 2.05) is 25.2 Å². The van der Waals surface area contributed by atoms with E-state index in [2.05, 4.69) is 49.6 Å². The number of nitrogens with one attached hydrogen (secondary N) is 1. The van der Waals surface area contributed by atoms with E-state index in [0.717, 1.165) is 31.7 Å². The quantitative estimate of drug-likeness (QED) is 0.726. The molecule has 6 heteroatoms. The Labute approximate surface area is 179 Å². The second-order valence-corrected chi connectivity index (χ2v) is 8.77. The molecule has 160 valence electrons. The lowest BCUT2D eigenvalue weighted by atomic mass is 9.91. The minimum Gasteiger partial charge on any atom is -0.351 e. The van der Waals surface area contributed by atoms with Crippen molar-refractivity contribution in [3.8, 4) is 0 Å². The van der Waals surface area contributed by atoms with E-state index in [4.69, 9.17) is 0 Å². The largest absolute Gasteiger partial charge is 0.351 e. The first-order chi connectivity index (χ1) is 14.7. The molecule has 0 spiro atoms. The third-order valence-corrected chi connectivity index (χ3v) is 6.51. The molecule has 0 radical (unpaired) electrons. The Hall–Kier alpha value is -2.47. The highest BCUT2D eigenvalue weighted by molar-refractivity contribution is 5.78. The zero-order chi connectivity index (χ0) is 20.8. The van der Waals surface area contributed by atoms with Crippen molar-refractivity contribution < 1.29 is 4.79 Å². The molecular weight excluding hydrogens is 374 g/mol. The first-order valence-corrected chi connectivity index (χ1v) is 11.3. The van der Waals surface area contributed by atoms with Gasteiger partial charge < -0.3 is 10.2 Å². The molecule has 2 aliphatic rings. The van der Waals surface area contributed by atoms with Crippen LogP contribution in [-0.2, 0) is 4.79 Å². The molecule has 2 unspecified atom stereocenters. The lowest BCUT2D eigenvalue weighted by Crippen LogP contribution is -2.44. The zero-order valence-corrected chi connectivity index (χ0v) is 17.9. The Kier molecular flexibility index (Phi) is 6.95. The molecule has 2 heterocycles. The molecule has 1 amide bonds. The van der Waals surface area contributed by atoms with Crippen molar-refractivity contribution >= 4 is 11.7 Å². The van der Waals surface area contributed by atoms with Crippen LogP contribution in [0.2, 0.25) is 0 Å². The van der Waals surface area contributed by atoms with Crippen molar-refractivity contribution in [1.82, 2.24) is 20.4 Å². The first kappa shape index (κ1) is 20.8. The van der Waals surface area contributed by atoms with Crippen molar-refractivity contribution in [3.05, 3.63) is 54.2 Å². The van der Waals surface area contributed by atoms with Crippen LogP contribution in [0.4, 0.5) is 5.82 Å². The Balaban J connectivity index is 1.34. The molecule has 2 aromatic rings. The topological polar surface area (TPSA) is 61.4 Å². The molecule has 4 rings (SSSR count). The molecule has 1 saturated heterocycles. The first-order valence-electron chi connectivity index (χ1n) is 11.3. The molecule has 6 nitrogen and oxygen atoms in total. The molecule has 2 fully saturated rings. The maximum atomic E-state index is 12.9. The van der Waals surface area contributed by atoms with Gasteiger partial charge in [-0.15, -0.1) is 5.10 Å². The zero-order valence-electron chi connectivity index (χ0n) is 17.9. The fourth-order valence-electron chi connectivity index (χ4n) is 5.09. The number of aromatic nitrogens is 2. The van der Waals surface area contributed by atoms with Crippen LogP contribution in [0.3, 0.4) is 0 Å². The Morgan fingerprint density at radius 1 is 1.13 bits per heavy atom. The van der Waals surface area contributed by atoms with Gasteiger partial charge in [-0.05, 0) is 56.3 Å². The third kappa shape index (κ3) is 5.17. The number of hydrogen-bond acceptors (Lipinski definition) is 5. The SMILES string of the molecule is CN(CC(=O)NC(c1ccccc1)C1CCCC1)CC1CCCN1c1cccnn1. The molecule has 1 N–H and O–H groups in total. The molecule has 2 atom stereocenters. The summed E-state index contributed by atoms with van der Waals surface area (Å²) in [5.74, 6) is 1.59. The minimum absolute atomic E-state index is 0.113. The van der Waals surface area contributed by atoms with Gasteiger partial charge in [0.25, 0.3) is 0 Å². The van der Waals surface area contributed by atoms with Crippen LogP contribution in [0.25, 0.3) is 0 Å². The van der Waals surface area contributed by atoms with E-state index in [-0.39, 0.29) is 11.9 Å².